The fourth-order valence-corrected chi connectivity index (χ4v) is 2.40. The largest absolute Gasteiger partial charge is 0.380 e. The summed E-state index contributed by atoms with van der Waals surface area (Å²) in [6.45, 7) is 0.199. The van der Waals surface area contributed by atoms with Crippen LogP contribution in [-0.2, 0) is 6.54 Å². The van der Waals surface area contributed by atoms with Gasteiger partial charge in [0.15, 0.2) is 0 Å². The molecule has 0 aliphatic heterocycles. The number of thioether (sulfide) groups is 1. The lowest BCUT2D eigenvalue weighted by atomic mass is 10.2. The molecule has 0 amide bonds. The number of halogens is 1. The standard InChI is InChI=1S/C14H13FN2O2S/c1-20-13-8-3-2-6-11(13)16-9-10-5-4-7-12(14(10)15)17(18)19/h2-8,16H,9H2,1H3. The van der Waals surface area contributed by atoms with Crippen LogP contribution in [0.1, 0.15) is 5.56 Å². The van der Waals surface area contributed by atoms with Crippen LogP contribution in [0.25, 0.3) is 0 Å². The maximum Gasteiger partial charge on any atom is 0.305 e. The van der Waals surface area contributed by atoms with E-state index in [-0.39, 0.29) is 12.1 Å². The van der Waals surface area contributed by atoms with E-state index in [1.807, 2.05) is 30.5 Å². The van der Waals surface area contributed by atoms with Crippen molar-refractivity contribution in [1.82, 2.24) is 0 Å². The summed E-state index contributed by atoms with van der Waals surface area (Å²) in [6, 6.07) is 11.8. The van der Waals surface area contributed by atoms with Crippen LogP contribution in [0, 0.1) is 15.9 Å². The minimum absolute atomic E-state index is 0.199. The number of nitrogens with zero attached hydrogens (tertiary/aromatic N) is 1. The fraction of sp³-hybridized carbons (Fsp3) is 0.143. The van der Waals surface area contributed by atoms with Crippen LogP contribution in [0.2, 0.25) is 0 Å². The first-order valence-corrected chi connectivity index (χ1v) is 7.14. The Morgan fingerprint density at radius 1 is 1.25 bits per heavy atom. The topological polar surface area (TPSA) is 55.2 Å². The second-order valence-corrected chi connectivity index (χ2v) is 4.91. The average Bonchev–Trinajstić information content (AvgIpc) is 2.46. The van der Waals surface area contributed by atoms with Crippen molar-refractivity contribution in [1.29, 1.82) is 0 Å². The molecule has 6 heteroatoms. The quantitative estimate of drug-likeness (QED) is 0.513. The summed E-state index contributed by atoms with van der Waals surface area (Å²) in [6.07, 6.45) is 1.95. The first-order chi connectivity index (χ1) is 9.63. The van der Waals surface area contributed by atoms with Gasteiger partial charge in [-0.05, 0) is 18.4 Å². The van der Waals surface area contributed by atoms with Gasteiger partial charge in [0.1, 0.15) is 0 Å². The number of hydrogen-bond acceptors (Lipinski definition) is 4. The molecular weight excluding hydrogens is 279 g/mol. The van der Waals surface area contributed by atoms with E-state index in [1.54, 1.807) is 11.8 Å². The monoisotopic (exact) mass is 292 g/mol. The van der Waals surface area contributed by atoms with Gasteiger partial charge in [-0.15, -0.1) is 11.8 Å². The summed E-state index contributed by atoms with van der Waals surface area (Å²) in [5, 5.41) is 13.8. The summed E-state index contributed by atoms with van der Waals surface area (Å²) in [5.74, 6) is -0.786. The lowest BCUT2D eigenvalue weighted by Crippen LogP contribution is -2.04. The van der Waals surface area contributed by atoms with Gasteiger partial charge in [0, 0.05) is 28.8 Å². The third-order valence-corrected chi connectivity index (χ3v) is 3.63. The van der Waals surface area contributed by atoms with E-state index in [4.69, 9.17) is 0 Å². The van der Waals surface area contributed by atoms with Gasteiger partial charge < -0.3 is 5.32 Å². The molecule has 2 aromatic carbocycles. The average molecular weight is 292 g/mol. The number of anilines is 1. The van der Waals surface area contributed by atoms with Crippen molar-refractivity contribution < 1.29 is 9.31 Å². The Labute approximate surface area is 120 Å². The number of benzene rings is 2. The SMILES string of the molecule is CSc1ccccc1NCc1cccc([N+](=O)[O-])c1F. The number of hydrogen-bond donors (Lipinski definition) is 1. The Balaban J connectivity index is 2.19. The molecule has 104 valence electrons. The Bertz CT molecular complexity index is 634. The number of para-hydroxylation sites is 1. The first kappa shape index (κ1) is 14.3. The highest BCUT2D eigenvalue weighted by atomic mass is 32.2. The molecule has 0 unspecified atom stereocenters. The van der Waals surface area contributed by atoms with Crippen molar-refractivity contribution >= 4 is 23.1 Å². The Morgan fingerprint density at radius 3 is 2.70 bits per heavy atom. The van der Waals surface area contributed by atoms with Crippen molar-refractivity contribution in [3.05, 3.63) is 64.0 Å². The number of nitro benzene ring substituents is 1. The maximum absolute atomic E-state index is 13.9. The molecule has 2 rings (SSSR count). The molecule has 0 saturated carbocycles. The van der Waals surface area contributed by atoms with Gasteiger partial charge in [-0.2, -0.15) is 4.39 Å². The van der Waals surface area contributed by atoms with Crippen LogP contribution in [0.3, 0.4) is 0 Å². The molecule has 0 bridgehead atoms. The van der Waals surface area contributed by atoms with E-state index in [2.05, 4.69) is 5.32 Å². The second kappa shape index (κ2) is 6.38. The van der Waals surface area contributed by atoms with Crippen LogP contribution < -0.4 is 5.32 Å². The molecule has 0 heterocycles. The summed E-state index contributed by atoms with van der Waals surface area (Å²) >= 11 is 1.58. The Hall–Kier alpha value is -2.08. The minimum Gasteiger partial charge on any atom is -0.380 e. The molecule has 0 radical (unpaired) electrons. The summed E-state index contributed by atoms with van der Waals surface area (Å²) in [7, 11) is 0. The molecule has 2 aromatic rings. The zero-order valence-corrected chi connectivity index (χ0v) is 11.6. The van der Waals surface area contributed by atoms with Crippen LogP contribution in [0.5, 0.6) is 0 Å². The number of rotatable bonds is 5. The van der Waals surface area contributed by atoms with Crippen molar-refractivity contribution in [2.24, 2.45) is 0 Å². The van der Waals surface area contributed by atoms with Gasteiger partial charge >= 0.3 is 5.69 Å². The molecular formula is C14H13FN2O2S. The minimum atomic E-state index is -0.786. The van der Waals surface area contributed by atoms with Crippen molar-refractivity contribution in [3.63, 3.8) is 0 Å². The lowest BCUT2D eigenvalue weighted by molar-refractivity contribution is -0.387. The van der Waals surface area contributed by atoms with Crippen molar-refractivity contribution in [3.8, 4) is 0 Å². The summed E-state index contributed by atoms with van der Waals surface area (Å²) in [5.41, 5.74) is 0.656. The molecule has 4 nitrogen and oxygen atoms in total. The Kier molecular flexibility index (Phi) is 4.57. The van der Waals surface area contributed by atoms with Gasteiger partial charge in [-0.1, -0.05) is 24.3 Å². The zero-order valence-electron chi connectivity index (χ0n) is 10.8. The van der Waals surface area contributed by atoms with E-state index in [9.17, 15) is 14.5 Å². The van der Waals surface area contributed by atoms with Crippen LogP contribution in [0.4, 0.5) is 15.8 Å². The van der Waals surface area contributed by atoms with E-state index >= 15 is 0 Å². The van der Waals surface area contributed by atoms with Gasteiger partial charge in [0.2, 0.25) is 5.82 Å². The normalized spacial score (nSPS) is 10.3. The van der Waals surface area contributed by atoms with Gasteiger partial charge in [-0.3, -0.25) is 10.1 Å². The molecule has 0 fully saturated rings. The highest BCUT2D eigenvalue weighted by Crippen LogP contribution is 2.26. The lowest BCUT2D eigenvalue weighted by Gasteiger charge is -2.10. The highest BCUT2D eigenvalue weighted by Gasteiger charge is 2.16. The molecule has 0 spiro atoms. The molecule has 20 heavy (non-hydrogen) atoms. The van der Waals surface area contributed by atoms with Crippen LogP contribution in [-0.4, -0.2) is 11.2 Å². The summed E-state index contributed by atoms with van der Waals surface area (Å²) < 4.78 is 13.9. The second-order valence-electron chi connectivity index (χ2n) is 4.06. The van der Waals surface area contributed by atoms with Crippen molar-refractivity contribution in [2.45, 2.75) is 11.4 Å². The number of nitro groups is 1. The van der Waals surface area contributed by atoms with Gasteiger partial charge in [-0.25, -0.2) is 0 Å². The molecule has 1 N–H and O–H groups in total. The molecule has 0 aromatic heterocycles. The fourth-order valence-electron chi connectivity index (χ4n) is 1.82. The Morgan fingerprint density at radius 2 is 2.00 bits per heavy atom. The van der Waals surface area contributed by atoms with Crippen LogP contribution in [0.15, 0.2) is 47.4 Å². The zero-order chi connectivity index (χ0) is 14.5. The molecule has 0 atom stereocenters. The van der Waals surface area contributed by atoms with Gasteiger partial charge in [0.05, 0.1) is 4.92 Å². The predicted molar refractivity (Wildman–Crippen MR) is 78.6 cm³/mol. The third-order valence-electron chi connectivity index (χ3n) is 2.83. The van der Waals surface area contributed by atoms with Gasteiger partial charge in [0.25, 0.3) is 0 Å². The van der Waals surface area contributed by atoms with E-state index in [0.29, 0.717) is 0 Å². The van der Waals surface area contributed by atoms with Crippen molar-refractivity contribution in [2.75, 3.05) is 11.6 Å². The summed E-state index contributed by atoms with van der Waals surface area (Å²) in [4.78, 5) is 11.0. The van der Waals surface area contributed by atoms with Crippen LogP contribution >= 0.6 is 11.8 Å². The predicted octanol–water partition coefficient (Wildman–Crippen LogP) is 4.07. The third kappa shape index (κ3) is 3.08. The highest BCUT2D eigenvalue weighted by molar-refractivity contribution is 7.98. The smallest absolute Gasteiger partial charge is 0.305 e. The van der Waals surface area contributed by atoms with E-state index in [0.717, 1.165) is 16.6 Å². The number of nitrogens with one attached hydrogen (secondary N) is 1. The molecule has 0 aliphatic rings. The molecule has 0 aliphatic carbocycles. The molecule has 0 saturated heterocycles. The van der Waals surface area contributed by atoms with E-state index in [1.165, 1.54) is 12.1 Å². The maximum atomic E-state index is 13.9. The van der Waals surface area contributed by atoms with E-state index < -0.39 is 16.4 Å². The first-order valence-electron chi connectivity index (χ1n) is 5.92.